The molecule has 0 saturated carbocycles. The van der Waals surface area contributed by atoms with Gasteiger partial charge in [0.15, 0.2) is 10.9 Å². The minimum absolute atomic E-state index is 0. The van der Waals surface area contributed by atoms with Crippen molar-refractivity contribution in [1.29, 1.82) is 0 Å². The zero-order valence-corrected chi connectivity index (χ0v) is 8.72. The predicted octanol–water partition coefficient (Wildman–Crippen LogP) is 0.777. The zero-order valence-electron chi connectivity index (χ0n) is 7.09. The van der Waals surface area contributed by atoms with Crippen LogP contribution in [0.1, 0.15) is 13.8 Å². The van der Waals surface area contributed by atoms with E-state index in [1.165, 1.54) is 0 Å². The fraction of sp³-hybridized carbons (Fsp3) is 0.429. The molecular formula is C7H13ClN2OS. The van der Waals surface area contributed by atoms with E-state index in [4.69, 9.17) is 5.73 Å². The first kappa shape index (κ1) is 13.9. The number of hydrogen-bond donors (Lipinski definition) is 2. The molecule has 3 N–H and O–H groups in total. The molecule has 0 spiro atoms. The number of nitrogens with two attached hydrogens (primary N) is 1. The molecule has 0 radical (unpaired) electrons. The van der Waals surface area contributed by atoms with Gasteiger partial charge in [-0.15, -0.1) is 12.4 Å². The van der Waals surface area contributed by atoms with Gasteiger partial charge in [-0.1, -0.05) is 5.57 Å². The lowest BCUT2D eigenvalue weighted by molar-refractivity contribution is -0.113. The molecule has 0 aromatic heterocycles. The van der Waals surface area contributed by atoms with E-state index in [0.29, 0.717) is 0 Å². The second-order valence-electron chi connectivity index (χ2n) is 2.41. The molecule has 70 valence electrons. The number of nitrogens with one attached hydrogen (secondary N) is 1. The zero-order chi connectivity index (χ0) is 8.85. The van der Waals surface area contributed by atoms with Gasteiger partial charge in [-0.25, -0.2) is 0 Å². The fourth-order valence-corrected chi connectivity index (χ4v) is 0.619. The van der Waals surface area contributed by atoms with Gasteiger partial charge in [-0.2, -0.15) is 0 Å². The lowest BCUT2D eigenvalue weighted by Crippen LogP contribution is -2.33. The van der Waals surface area contributed by atoms with E-state index in [9.17, 15) is 4.79 Å². The Kier molecular flexibility index (Phi) is 8.21. The summed E-state index contributed by atoms with van der Waals surface area (Å²) in [5, 5.41) is 2.72. The molecule has 0 aliphatic heterocycles. The first-order valence-corrected chi connectivity index (χ1v) is 3.64. The number of carbonyl (C=O) groups excluding carboxylic acids is 1. The summed E-state index contributed by atoms with van der Waals surface area (Å²) in [6.07, 6.45) is 1.55. The Bertz CT molecular complexity index is 200. The SMILES string of the molecule is CC(C)=CC(=O)CNC(N)=S.Cl. The largest absolute Gasteiger partial charge is 0.376 e. The third-order valence-corrected chi connectivity index (χ3v) is 1.03. The van der Waals surface area contributed by atoms with Crippen molar-refractivity contribution in [2.45, 2.75) is 13.8 Å². The normalized spacial score (nSPS) is 7.83. The van der Waals surface area contributed by atoms with Gasteiger partial charge in [0.1, 0.15) is 0 Å². The first-order chi connectivity index (χ1) is 5.02. The van der Waals surface area contributed by atoms with Crippen LogP contribution in [0.5, 0.6) is 0 Å². The molecular weight excluding hydrogens is 196 g/mol. The number of thiocarbonyl (C=S) groups is 1. The molecule has 0 bridgehead atoms. The molecule has 0 atom stereocenters. The van der Waals surface area contributed by atoms with Crippen molar-refractivity contribution < 1.29 is 4.79 Å². The maximum atomic E-state index is 10.9. The highest BCUT2D eigenvalue weighted by atomic mass is 35.5. The van der Waals surface area contributed by atoms with Crippen LogP contribution in [-0.4, -0.2) is 17.4 Å². The summed E-state index contributed by atoms with van der Waals surface area (Å²) in [7, 11) is 0. The van der Waals surface area contributed by atoms with Crippen LogP contribution in [0.15, 0.2) is 11.6 Å². The highest BCUT2D eigenvalue weighted by Crippen LogP contribution is 1.87. The maximum Gasteiger partial charge on any atom is 0.174 e. The summed E-state index contributed by atoms with van der Waals surface area (Å²) in [5.41, 5.74) is 6.09. The van der Waals surface area contributed by atoms with Gasteiger partial charge in [0.2, 0.25) is 0 Å². The minimum atomic E-state index is -0.0159. The van der Waals surface area contributed by atoms with Gasteiger partial charge in [0.25, 0.3) is 0 Å². The van der Waals surface area contributed by atoms with Crippen molar-refractivity contribution in [1.82, 2.24) is 5.32 Å². The smallest absolute Gasteiger partial charge is 0.174 e. The van der Waals surface area contributed by atoms with Crippen LogP contribution in [0.2, 0.25) is 0 Å². The lowest BCUT2D eigenvalue weighted by atomic mass is 10.2. The van der Waals surface area contributed by atoms with Crippen LogP contribution in [0.4, 0.5) is 0 Å². The molecule has 0 aromatic rings. The molecule has 3 nitrogen and oxygen atoms in total. The van der Waals surface area contributed by atoms with Crippen molar-refractivity contribution in [2.24, 2.45) is 5.73 Å². The molecule has 0 aromatic carbocycles. The second kappa shape index (κ2) is 7.06. The van der Waals surface area contributed by atoms with Crippen LogP contribution >= 0.6 is 24.6 Å². The Morgan fingerprint density at radius 3 is 2.42 bits per heavy atom. The number of ketones is 1. The molecule has 0 unspecified atom stereocenters. The van der Waals surface area contributed by atoms with Gasteiger partial charge >= 0.3 is 0 Å². The maximum absolute atomic E-state index is 10.9. The predicted molar refractivity (Wildman–Crippen MR) is 56.5 cm³/mol. The number of hydrogen-bond acceptors (Lipinski definition) is 2. The van der Waals surface area contributed by atoms with E-state index in [1.807, 2.05) is 13.8 Å². The molecule has 0 amide bonds. The third-order valence-electron chi connectivity index (χ3n) is 0.887. The molecule has 0 rings (SSSR count). The first-order valence-electron chi connectivity index (χ1n) is 3.23. The van der Waals surface area contributed by atoms with E-state index in [-0.39, 0.29) is 29.8 Å². The Balaban J connectivity index is 0. The molecule has 0 saturated heterocycles. The van der Waals surface area contributed by atoms with Crippen LogP contribution < -0.4 is 11.1 Å². The molecule has 0 fully saturated rings. The van der Waals surface area contributed by atoms with E-state index >= 15 is 0 Å². The fourth-order valence-electron chi connectivity index (χ4n) is 0.547. The van der Waals surface area contributed by atoms with E-state index < -0.39 is 0 Å². The van der Waals surface area contributed by atoms with Crippen molar-refractivity contribution in [3.8, 4) is 0 Å². The molecule has 12 heavy (non-hydrogen) atoms. The highest BCUT2D eigenvalue weighted by molar-refractivity contribution is 7.80. The summed E-state index contributed by atoms with van der Waals surface area (Å²) in [6, 6.07) is 0. The Morgan fingerprint density at radius 1 is 1.58 bits per heavy atom. The number of halogens is 1. The van der Waals surface area contributed by atoms with Gasteiger partial charge in [-0.3, -0.25) is 4.79 Å². The molecule has 0 aliphatic carbocycles. The molecule has 5 heteroatoms. The Morgan fingerprint density at radius 2 is 2.08 bits per heavy atom. The summed E-state index contributed by atoms with van der Waals surface area (Å²) in [4.78, 5) is 10.9. The van der Waals surface area contributed by atoms with E-state index in [1.54, 1.807) is 6.08 Å². The van der Waals surface area contributed by atoms with Crippen LogP contribution in [0, 0.1) is 0 Å². The van der Waals surface area contributed by atoms with Crippen molar-refractivity contribution >= 4 is 35.5 Å². The summed E-state index contributed by atoms with van der Waals surface area (Å²) < 4.78 is 0. The minimum Gasteiger partial charge on any atom is -0.376 e. The van der Waals surface area contributed by atoms with Crippen LogP contribution in [0.3, 0.4) is 0 Å². The van der Waals surface area contributed by atoms with Crippen molar-refractivity contribution in [3.63, 3.8) is 0 Å². The number of carbonyl (C=O) groups is 1. The Hall–Kier alpha value is -0.610. The average Bonchev–Trinajstić information content (AvgIpc) is 1.82. The topological polar surface area (TPSA) is 55.1 Å². The van der Waals surface area contributed by atoms with Crippen molar-refractivity contribution in [3.05, 3.63) is 11.6 Å². The van der Waals surface area contributed by atoms with Gasteiger partial charge < -0.3 is 11.1 Å². The lowest BCUT2D eigenvalue weighted by Gasteiger charge is -1.98. The summed E-state index contributed by atoms with van der Waals surface area (Å²) >= 11 is 4.52. The van der Waals surface area contributed by atoms with E-state index in [2.05, 4.69) is 17.5 Å². The summed E-state index contributed by atoms with van der Waals surface area (Å²) in [6.45, 7) is 3.90. The van der Waals surface area contributed by atoms with Crippen LogP contribution in [0.25, 0.3) is 0 Å². The summed E-state index contributed by atoms with van der Waals surface area (Å²) in [5.74, 6) is -0.0159. The number of rotatable bonds is 3. The van der Waals surface area contributed by atoms with Gasteiger partial charge in [0, 0.05) is 0 Å². The Labute approximate surface area is 83.8 Å². The average molecular weight is 209 g/mol. The van der Waals surface area contributed by atoms with E-state index in [0.717, 1.165) is 5.57 Å². The monoisotopic (exact) mass is 208 g/mol. The quantitative estimate of drug-likeness (QED) is 0.532. The molecule has 0 aliphatic rings. The molecule has 0 heterocycles. The third kappa shape index (κ3) is 9.39. The number of allylic oxidation sites excluding steroid dienone is 1. The van der Waals surface area contributed by atoms with Crippen molar-refractivity contribution in [2.75, 3.05) is 6.54 Å². The standard InChI is InChI=1S/C7H12N2OS.ClH/c1-5(2)3-6(10)4-9-7(8)11;/h3H,4H2,1-2H3,(H3,8,9,11);1H. The van der Waals surface area contributed by atoms with Crippen LogP contribution in [-0.2, 0) is 4.79 Å². The van der Waals surface area contributed by atoms with Gasteiger partial charge in [0.05, 0.1) is 6.54 Å². The van der Waals surface area contributed by atoms with Gasteiger partial charge in [-0.05, 0) is 32.1 Å². The highest BCUT2D eigenvalue weighted by Gasteiger charge is 1.95. The second-order valence-corrected chi connectivity index (χ2v) is 2.85.